The van der Waals surface area contributed by atoms with Gasteiger partial charge in [0.2, 0.25) is 0 Å². The zero-order valence-electron chi connectivity index (χ0n) is 12.5. The van der Waals surface area contributed by atoms with Crippen LogP contribution in [0.3, 0.4) is 0 Å². The van der Waals surface area contributed by atoms with E-state index in [1.54, 1.807) is 0 Å². The summed E-state index contributed by atoms with van der Waals surface area (Å²) in [5.41, 5.74) is 3.67. The van der Waals surface area contributed by atoms with Gasteiger partial charge in [-0.25, -0.2) is 0 Å². The lowest BCUT2D eigenvalue weighted by Gasteiger charge is -2.31. The summed E-state index contributed by atoms with van der Waals surface area (Å²) in [5.74, 6) is 0.879. The highest BCUT2D eigenvalue weighted by atomic mass is 79.9. The first kappa shape index (κ1) is 15.3. The molecule has 2 rings (SSSR count). The van der Waals surface area contributed by atoms with E-state index in [-0.39, 0.29) is 11.4 Å². The Morgan fingerprint density at radius 3 is 2.75 bits per heavy atom. The number of allylic oxidation sites excluding steroid dienone is 1. The van der Waals surface area contributed by atoms with Crippen molar-refractivity contribution in [3.63, 3.8) is 0 Å². The van der Waals surface area contributed by atoms with Crippen LogP contribution in [0.1, 0.15) is 44.7 Å². The molecule has 1 aromatic carbocycles. The summed E-state index contributed by atoms with van der Waals surface area (Å²) in [6.45, 7) is 7.98. The van der Waals surface area contributed by atoms with Crippen molar-refractivity contribution in [3.05, 3.63) is 39.9 Å². The Labute approximate surface area is 129 Å². The van der Waals surface area contributed by atoms with Crippen molar-refractivity contribution in [2.24, 2.45) is 5.92 Å². The van der Waals surface area contributed by atoms with E-state index in [1.165, 1.54) is 12.5 Å². The highest BCUT2D eigenvalue weighted by Crippen LogP contribution is 2.51. The molecule has 1 fully saturated rings. The lowest BCUT2D eigenvalue weighted by molar-refractivity contribution is -0.131. The number of carbonyl (C=O) groups is 1. The van der Waals surface area contributed by atoms with Crippen LogP contribution in [0.4, 0.5) is 0 Å². The van der Waals surface area contributed by atoms with E-state index in [9.17, 15) is 4.79 Å². The maximum absolute atomic E-state index is 11.4. The van der Waals surface area contributed by atoms with E-state index in [0.29, 0.717) is 11.7 Å². The minimum atomic E-state index is -0.262. The number of ether oxygens (including phenoxy) is 1. The normalized spacial score (nSPS) is 27.9. The SMILES string of the molecule is CC(=O)Oc1cc(C)ccc1C1(C)CCC(=CBr)C1C. The maximum atomic E-state index is 11.4. The van der Waals surface area contributed by atoms with Gasteiger partial charge in [0.25, 0.3) is 0 Å². The van der Waals surface area contributed by atoms with Crippen LogP contribution < -0.4 is 4.74 Å². The first-order valence-corrected chi connectivity index (χ1v) is 7.88. The fourth-order valence-corrected chi connectivity index (χ4v) is 3.73. The van der Waals surface area contributed by atoms with Crippen LogP contribution in [-0.2, 0) is 10.2 Å². The number of carbonyl (C=O) groups excluding carboxylic acids is 1. The van der Waals surface area contributed by atoms with Gasteiger partial charge >= 0.3 is 5.97 Å². The fraction of sp³-hybridized carbons (Fsp3) is 0.471. The highest BCUT2D eigenvalue weighted by Gasteiger charge is 2.42. The van der Waals surface area contributed by atoms with E-state index in [0.717, 1.165) is 24.0 Å². The Hall–Kier alpha value is -1.09. The largest absolute Gasteiger partial charge is 0.426 e. The number of aryl methyl sites for hydroxylation is 1. The van der Waals surface area contributed by atoms with Crippen molar-refractivity contribution in [1.29, 1.82) is 0 Å². The molecule has 0 bridgehead atoms. The van der Waals surface area contributed by atoms with Gasteiger partial charge in [0.15, 0.2) is 0 Å². The number of esters is 1. The van der Waals surface area contributed by atoms with E-state index in [4.69, 9.17) is 4.74 Å². The van der Waals surface area contributed by atoms with Crippen LogP contribution in [-0.4, -0.2) is 5.97 Å². The molecule has 20 heavy (non-hydrogen) atoms. The fourth-order valence-electron chi connectivity index (χ4n) is 3.10. The van der Waals surface area contributed by atoms with Gasteiger partial charge in [0.05, 0.1) is 0 Å². The van der Waals surface area contributed by atoms with Gasteiger partial charge in [0, 0.05) is 17.9 Å². The molecule has 1 aliphatic rings. The first-order chi connectivity index (χ1) is 9.38. The van der Waals surface area contributed by atoms with Crippen LogP contribution in [0.15, 0.2) is 28.8 Å². The molecular formula is C17H21BrO2. The molecule has 0 aliphatic heterocycles. The lowest BCUT2D eigenvalue weighted by atomic mass is 9.73. The zero-order chi connectivity index (χ0) is 14.9. The number of halogens is 1. The quantitative estimate of drug-likeness (QED) is 0.567. The van der Waals surface area contributed by atoms with E-state index >= 15 is 0 Å². The molecule has 0 radical (unpaired) electrons. The predicted molar refractivity (Wildman–Crippen MR) is 85.2 cm³/mol. The summed E-state index contributed by atoms with van der Waals surface area (Å²) in [5, 5.41) is 0. The molecule has 3 heteroatoms. The number of benzene rings is 1. The van der Waals surface area contributed by atoms with Crippen molar-refractivity contribution >= 4 is 21.9 Å². The van der Waals surface area contributed by atoms with Gasteiger partial charge in [-0.2, -0.15) is 0 Å². The van der Waals surface area contributed by atoms with E-state index in [2.05, 4.69) is 41.9 Å². The van der Waals surface area contributed by atoms with Crippen LogP contribution >= 0.6 is 15.9 Å². The Morgan fingerprint density at radius 2 is 2.20 bits per heavy atom. The average molecular weight is 337 g/mol. The van der Waals surface area contributed by atoms with E-state index in [1.807, 2.05) is 18.0 Å². The molecule has 1 aromatic rings. The van der Waals surface area contributed by atoms with Crippen molar-refractivity contribution in [1.82, 2.24) is 0 Å². The molecule has 108 valence electrons. The van der Waals surface area contributed by atoms with Gasteiger partial charge in [-0.05, 0) is 42.3 Å². The van der Waals surface area contributed by atoms with Crippen molar-refractivity contribution < 1.29 is 9.53 Å². The van der Waals surface area contributed by atoms with Crippen LogP contribution in [0.2, 0.25) is 0 Å². The highest BCUT2D eigenvalue weighted by molar-refractivity contribution is 9.11. The summed E-state index contributed by atoms with van der Waals surface area (Å²) >= 11 is 3.46. The average Bonchev–Trinajstić information content (AvgIpc) is 2.66. The summed E-state index contributed by atoms with van der Waals surface area (Å²) < 4.78 is 5.45. The number of hydrogen-bond donors (Lipinski definition) is 0. The second kappa shape index (κ2) is 5.72. The Morgan fingerprint density at radius 1 is 1.50 bits per heavy atom. The first-order valence-electron chi connectivity index (χ1n) is 6.97. The molecule has 2 nitrogen and oxygen atoms in total. The molecule has 0 aromatic heterocycles. The predicted octanol–water partition coefficient (Wildman–Crippen LogP) is 4.89. The molecule has 1 saturated carbocycles. The molecule has 0 N–H and O–H groups in total. The van der Waals surface area contributed by atoms with Crippen molar-refractivity contribution in [3.8, 4) is 5.75 Å². The zero-order valence-corrected chi connectivity index (χ0v) is 14.1. The van der Waals surface area contributed by atoms with Gasteiger partial charge < -0.3 is 4.74 Å². The van der Waals surface area contributed by atoms with Crippen LogP contribution in [0.25, 0.3) is 0 Å². The van der Waals surface area contributed by atoms with Gasteiger partial charge in [-0.1, -0.05) is 47.5 Å². The second-order valence-electron chi connectivity index (χ2n) is 5.92. The monoisotopic (exact) mass is 336 g/mol. The lowest BCUT2D eigenvalue weighted by Crippen LogP contribution is -2.26. The van der Waals surface area contributed by atoms with Crippen LogP contribution in [0.5, 0.6) is 5.75 Å². The Bertz CT molecular complexity index is 562. The molecule has 0 spiro atoms. The maximum Gasteiger partial charge on any atom is 0.308 e. The topological polar surface area (TPSA) is 26.3 Å². The van der Waals surface area contributed by atoms with Gasteiger partial charge in [-0.15, -0.1) is 0 Å². The number of hydrogen-bond acceptors (Lipinski definition) is 2. The Kier molecular flexibility index (Phi) is 4.38. The summed E-state index contributed by atoms with van der Waals surface area (Å²) in [4.78, 5) is 13.4. The molecule has 0 saturated heterocycles. The Balaban J connectivity index is 2.49. The molecular weight excluding hydrogens is 316 g/mol. The molecule has 2 atom stereocenters. The minimum Gasteiger partial charge on any atom is -0.426 e. The van der Waals surface area contributed by atoms with Crippen molar-refractivity contribution in [2.45, 2.75) is 46.0 Å². The summed E-state index contributed by atoms with van der Waals surface area (Å²) in [7, 11) is 0. The van der Waals surface area contributed by atoms with Crippen molar-refractivity contribution in [2.75, 3.05) is 0 Å². The molecule has 1 aliphatic carbocycles. The molecule has 0 heterocycles. The third-order valence-corrected chi connectivity index (χ3v) is 5.18. The number of rotatable bonds is 2. The van der Waals surface area contributed by atoms with Crippen LogP contribution in [0, 0.1) is 12.8 Å². The third kappa shape index (κ3) is 2.69. The second-order valence-corrected chi connectivity index (χ2v) is 6.37. The van der Waals surface area contributed by atoms with Gasteiger partial charge in [-0.3, -0.25) is 4.79 Å². The third-order valence-electron chi connectivity index (χ3n) is 4.59. The standard InChI is InChI=1S/C17H21BrO2/c1-11-5-6-15(16(9-11)20-13(3)19)17(4)8-7-14(10-18)12(17)2/h5-6,9-10,12H,7-8H2,1-4H3. The minimum absolute atomic E-state index is 0.0120. The smallest absolute Gasteiger partial charge is 0.308 e. The molecule has 2 unspecified atom stereocenters. The van der Waals surface area contributed by atoms with E-state index < -0.39 is 0 Å². The summed E-state index contributed by atoms with van der Waals surface area (Å²) in [6, 6.07) is 6.17. The summed E-state index contributed by atoms with van der Waals surface area (Å²) in [6.07, 6.45) is 2.15. The van der Waals surface area contributed by atoms with Gasteiger partial charge in [0.1, 0.15) is 5.75 Å². The molecule has 0 amide bonds.